The fourth-order valence-electron chi connectivity index (χ4n) is 2.10. The number of pyridine rings is 1. The molecule has 20 heavy (non-hydrogen) atoms. The number of nitrogens with zero attached hydrogens (tertiary/aromatic N) is 1. The van der Waals surface area contributed by atoms with E-state index in [1.165, 1.54) is 21.9 Å². The zero-order valence-corrected chi connectivity index (χ0v) is 11.4. The van der Waals surface area contributed by atoms with E-state index < -0.39 is 7.32 Å². The van der Waals surface area contributed by atoms with Crippen molar-refractivity contribution in [1.29, 1.82) is 0 Å². The van der Waals surface area contributed by atoms with E-state index in [1.807, 2.05) is 6.07 Å². The van der Waals surface area contributed by atoms with Crippen molar-refractivity contribution in [3.63, 3.8) is 0 Å². The summed E-state index contributed by atoms with van der Waals surface area (Å²) in [5.74, 6) is 0. The summed E-state index contributed by atoms with van der Waals surface area (Å²) < 4.78 is 0. The summed E-state index contributed by atoms with van der Waals surface area (Å²) in [7, 11) is -2.17. The summed E-state index contributed by atoms with van der Waals surface area (Å²) in [6, 6.07) is 14.7. The smallest absolute Gasteiger partial charge is 0.402 e. The van der Waals surface area contributed by atoms with Crippen LogP contribution >= 0.6 is 0 Å². The Kier molecular flexibility index (Phi) is 4.34. The average Bonchev–Trinajstić information content (AvgIpc) is 2.41. The Hall–Kier alpha value is -1.95. The number of para-hydroxylation sites is 1. The molecule has 1 aromatic heterocycles. The molecule has 4 nitrogen and oxygen atoms in total. The van der Waals surface area contributed by atoms with Gasteiger partial charge >= 0.3 is 7.32 Å². The first-order valence-corrected chi connectivity index (χ1v) is 6.29. The highest BCUT2D eigenvalue weighted by Crippen LogP contribution is 2.24. The van der Waals surface area contributed by atoms with Crippen molar-refractivity contribution in [2.24, 2.45) is 0 Å². The first-order chi connectivity index (χ1) is 9.49. The SMILES string of the molecule is Cc1ccc2nc3ccccc3cc2c1C.OB(O)O. The Balaban J connectivity index is 0.000000328. The normalized spacial score (nSPS) is 10.2. The third-order valence-electron chi connectivity index (χ3n) is 3.24. The van der Waals surface area contributed by atoms with Gasteiger partial charge in [-0.2, -0.15) is 0 Å². The van der Waals surface area contributed by atoms with Crippen molar-refractivity contribution in [1.82, 2.24) is 4.98 Å². The Morgan fingerprint density at radius 3 is 2.25 bits per heavy atom. The van der Waals surface area contributed by atoms with Gasteiger partial charge in [-0.05, 0) is 43.2 Å². The molecule has 0 bridgehead atoms. The van der Waals surface area contributed by atoms with E-state index in [9.17, 15) is 0 Å². The van der Waals surface area contributed by atoms with Gasteiger partial charge in [-0.25, -0.2) is 4.98 Å². The number of benzene rings is 2. The van der Waals surface area contributed by atoms with Gasteiger partial charge in [0.25, 0.3) is 0 Å². The summed E-state index contributed by atoms with van der Waals surface area (Å²) in [5.41, 5.74) is 4.81. The summed E-state index contributed by atoms with van der Waals surface area (Å²) in [6.45, 7) is 4.30. The van der Waals surface area contributed by atoms with Gasteiger partial charge in [0, 0.05) is 10.8 Å². The maximum Gasteiger partial charge on any atom is 0.631 e. The molecule has 0 fully saturated rings. The van der Waals surface area contributed by atoms with Gasteiger partial charge in [-0.1, -0.05) is 24.3 Å². The molecule has 0 aliphatic carbocycles. The van der Waals surface area contributed by atoms with Crippen LogP contribution in [0.3, 0.4) is 0 Å². The largest absolute Gasteiger partial charge is 0.631 e. The molecule has 3 N–H and O–H groups in total. The van der Waals surface area contributed by atoms with Gasteiger partial charge < -0.3 is 15.1 Å². The summed E-state index contributed by atoms with van der Waals surface area (Å²) >= 11 is 0. The molecular formula is C15H16BNO3. The molecule has 0 aliphatic rings. The molecule has 1 heterocycles. The molecule has 102 valence electrons. The second-order valence-electron chi connectivity index (χ2n) is 4.60. The molecule has 0 radical (unpaired) electrons. The van der Waals surface area contributed by atoms with Crippen molar-refractivity contribution in [3.05, 3.63) is 53.6 Å². The number of rotatable bonds is 0. The van der Waals surface area contributed by atoms with E-state index in [-0.39, 0.29) is 0 Å². The quantitative estimate of drug-likeness (QED) is 0.431. The van der Waals surface area contributed by atoms with Crippen LogP contribution in [0.25, 0.3) is 21.8 Å². The maximum absolute atomic E-state index is 7.17. The zero-order valence-electron chi connectivity index (χ0n) is 11.4. The molecule has 2 aromatic carbocycles. The number of hydrogen-bond donors (Lipinski definition) is 3. The van der Waals surface area contributed by atoms with Crippen LogP contribution in [0.2, 0.25) is 0 Å². The van der Waals surface area contributed by atoms with Crippen LogP contribution in [-0.4, -0.2) is 27.4 Å². The van der Waals surface area contributed by atoms with Crippen molar-refractivity contribution in [2.45, 2.75) is 13.8 Å². The topological polar surface area (TPSA) is 73.6 Å². The molecule has 5 heteroatoms. The highest BCUT2D eigenvalue weighted by molar-refractivity contribution is 6.30. The van der Waals surface area contributed by atoms with Gasteiger partial charge in [0.2, 0.25) is 0 Å². The number of hydrogen-bond acceptors (Lipinski definition) is 4. The average molecular weight is 269 g/mol. The van der Waals surface area contributed by atoms with E-state index in [0.717, 1.165) is 11.0 Å². The second kappa shape index (κ2) is 6.01. The van der Waals surface area contributed by atoms with Gasteiger partial charge in [0.05, 0.1) is 11.0 Å². The fraction of sp³-hybridized carbons (Fsp3) is 0.133. The lowest BCUT2D eigenvalue weighted by molar-refractivity contribution is 0.278. The Morgan fingerprint density at radius 1 is 0.900 bits per heavy atom. The van der Waals surface area contributed by atoms with Crippen molar-refractivity contribution in [3.8, 4) is 0 Å². The standard InChI is InChI=1S/C15H13N.BH3O3/c1-10-7-8-15-13(11(10)2)9-12-5-3-4-6-14(12)16-15;2-1(3)4/h3-9H,1-2H3;2-4H. The van der Waals surface area contributed by atoms with E-state index >= 15 is 0 Å². The lowest BCUT2D eigenvalue weighted by Gasteiger charge is -2.06. The first kappa shape index (κ1) is 14.5. The third kappa shape index (κ3) is 3.14. The summed E-state index contributed by atoms with van der Waals surface area (Å²) in [5, 5.41) is 24.0. The number of aromatic nitrogens is 1. The second-order valence-corrected chi connectivity index (χ2v) is 4.60. The van der Waals surface area contributed by atoms with E-state index in [1.54, 1.807) is 0 Å². The highest BCUT2D eigenvalue weighted by atomic mass is 16.5. The molecule has 0 aliphatic heterocycles. The van der Waals surface area contributed by atoms with Gasteiger partial charge in [0.1, 0.15) is 0 Å². The Bertz CT molecular complexity index is 741. The molecule has 0 amide bonds. The first-order valence-electron chi connectivity index (χ1n) is 6.29. The van der Waals surface area contributed by atoms with E-state index in [2.05, 4.69) is 55.2 Å². The summed E-state index contributed by atoms with van der Waals surface area (Å²) in [4.78, 5) is 4.68. The molecule has 0 spiro atoms. The Morgan fingerprint density at radius 2 is 1.55 bits per heavy atom. The summed E-state index contributed by atoms with van der Waals surface area (Å²) in [6.07, 6.45) is 0. The van der Waals surface area contributed by atoms with Crippen LogP contribution in [0.15, 0.2) is 42.5 Å². The van der Waals surface area contributed by atoms with Gasteiger partial charge in [-0.15, -0.1) is 0 Å². The lowest BCUT2D eigenvalue weighted by Crippen LogP contribution is -2.07. The third-order valence-corrected chi connectivity index (χ3v) is 3.24. The van der Waals surface area contributed by atoms with Crippen LogP contribution in [-0.2, 0) is 0 Å². The van der Waals surface area contributed by atoms with Crippen LogP contribution in [0.4, 0.5) is 0 Å². The predicted octanol–water partition coefficient (Wildman–Crippen LogP) is 1.95. The lowest BCUT2D eigenvalue weighted by atomic mass is 10.0. The minimum Gasteiger partial charge on any atom is -0.402 e. The monoisotopic (exact) mass is 269 g/mol. The highest BCUT2D eigenvalue weighted by Gasteiger charge is 2.03. The van der Waals surface area contributed by atoms with Crippen molar-refractivity contribution >= 4 is 29.1 Å². The molecular weight excluding hydrogens is 253 g/mol. The minimum atomic E-state index is -2.17. The molecule has 3 aromatic rings. The molecule has 0 atom stereocenters. The molecule has 0 unspecified atom stereocenters. The molecule has 0 saturated heterocycles. The number of fused-ring (bicyclic) bond motifs is 2. The molecule has 0 saturated carbocycles. The van der Waals surface area contributed by atoms with Crippen molar-refractivity contribution in [2.75, 3.05) is 0 Å². The van der Waals surface area contributed by atoms with Crippen LogP contribution in [0, 0.1) is 13.8 Å². The van der Waals surface area contributed by atoms with Crippen LogP contribution in [0.5, 0.6) is 0 Å². The van der Waals surface area contributed by atoms with E-state index in [0.29, 0.717) is 0 Å². The minimum absolute atomic E-state index is 1.07. The Labute approximate surface area is 117 Å². The predicted molar refractivity (Wildman–Crippen MR) is 81.1 cm³/mol. The van der Waals surface area contributed by atoms with Crippen LogP contribution in [0.1, 0.15) is 11.1 Å². The fourth-order valence-corrected chi connectivity index (χ4v) is 2.10. The van der Waals surface area contributed by atoms with Gasteiger partial charge in [-0.3, -0.25) is 0 Å². The maximum atomic E-state index is 7.17. The van der Waals surface area contributed by atoms with Crippen molar-refractivity contribution < 1.29 is 15.1 Å². The number of aryl methyl sites for hydroxylation is 2. The zero-order chi connectivity index (χ0) is 14.7. The van der Waals surface area contributed by atoms with Crippen LogP contribution < -0.4 is 0 Å². The van der Waals surface area contributed by atoms with Gasteiger partial charge in [0.15, 0.2) is 0 Å². The van der Waals surface area contributed by atoms with E-state index in [4.69, 9.17) is 15.1 Å². The molecule has 3 rings (SSSR count).